The molecular weight excluding hydrogens is 393 g/mol. The Balaban J connectivity index is 1.50. The van der Waals surface area contributed by atoms with Crippen LogP contribution in [0.15, 0.2) is 54.7 Å². The van der Waals surface area contributed by atoms with Crippen LogP contribution in [0.4, 0.5) is 17.3 Å². The molecule has 0 spiro atoms. The predicted octanol–water partition coefficient (Wildman–Crippen LogP) is 4.95. The van der Waals surface area contributed by atoms with Crippen molar-refractivity contribution in [2.75, 3.05) is 43.4 Å². The van der Waals surface area contributed by atoms with Crippen LogP contribution in [-0.4, -0.2) is 48.1 Å². The molecule has 0 aliphatic carbocycles. The number of hydrogen-bond donors (Lipinski definition) is 1. The summed E-state index contributed by atoms with van der Waals surface area (Å²) in [6.07, 6.45) is 1.84. The van der Waals surface area contributed by atoms with E-state index in [1.165, 1.54) is 0 Å². The van der Waals surface area contributed by atoms with Crippen LogP contribution >= 0.6 is 23.2 Å². The van der Waals surface area contributed by atoms with E-state index in [0.29, 0.717) is 15.9 Å². The van der Waals surface area contributed by atoms with E-state index in [2.05, 4.69) is 32.1 Å². The van der Waals surface area contributed by atoms with Crippen molar-refractivity contribution in [2.24, 2.45) is 0 Å². The second-order valence-electron chi connectivity index (χ2n) is 6.83. The minimum atomic E-state index is 0.579. The van der Waals surface area contributed by atoms with Crippen molar-refractivity contribution in [3.8, 4) is 11.3 Å². The van der Waals surface area contributed by atoms with Gasteiger partial charge >= 0.3 is 0 Å². The lowest BCUT2D eigenvalue weighted by Gasteiger charge is -2.33. The van der Waals surface area contributed by atoms with Crippen LogP contribution < -0.4 is 10.2 Å². The van der Waals surface area contributed by atoms with E-state index in [1.807, 2.05) is 54.7 Å². The lowest BCUT2D eigenvalue weighted by atomic mass is 10.1. The van der Waals surface area contributed by atoms with Crippen LogP contribution in [-0.2, 0) is 0 Å². The molecule has 3 aromatic rings. The normalized spacial score (nSPS) is 14.9. The Labute approximate surface area is 174 Å². The summed E-state index contributed by atoms with van der Waals surface area (Å²) < 4.78 is 0. The average molecular weight is 414 g/mol. The Bertz CT molecular complexity index is 933. The van der Waals surface area contributed by atoms with E-state index in [9.17, 15) is 0 Å². The highest BCUT2D eigenvalue weighted by Crippen LogP contribution is 2.34. The van der Waals surface area contributed by atoms with E-state index >= 15 is 0 Å². The summed E-state index contributed by atoms with van der Waals surface area (Å²) in [6, 6.07) is 15.2. The zero-order chi connectivity index (χ0) is 19.5. The summed E-state index contributed by atoms with van der Waals surface area (Å²) in [6.45, 7) is 4.11. The fourth-order valence-corrected chi connectivity index (χ4v) is 3.81. The second-order valence-corrected chi connectivity index (χ2v) is 7.64. The molecule has 0 unspecified atom stereocenters. The van der Waals surface area contributed by atoms with Gasteiger partial charge in [0.2, 0.25) is 0 Å². The molecule has 144 valence electrons. The number of rotatable bonds is 4. The van der Waals surface area contributed by atoms with Gasteiger partial charge in [0.15, 0.2) is 0 Å². The zero-order valence-corrected chi connectivity index (χ0v) is 17.1. The van der Waals surface area contributed by atoms with E-state index in [1.54, 1.807) is 0 Å². The van der Waals surface area contributed by atoms with Gasteiger partial charge in [-0.3, -0.25) is 0 Å². The van der Waals surface area contributed by atoms with Gasteiger partial charge in [-0.15, -0.1) is 0 Å². The van der Waals surface area contributed by atoms with Gasteiger partial charge in [-0.1, -0.05) is 35.3 Å². The molecule has 1 N–H and O–H groups in total. The predicted molar refractivity (Wildman–Crippen MR) is 117 cm³/mol. The second kappa shape index (κ2) is 8.35. The van der Waals surface area contributed by atoms with Crippen molar-refractivity contribution in [1.29, 1.82) is 0 Å². The fourth-order valence-electron chi connectivity index (χ4n) is 3.22. The third-order valence-corrected chi connectivity index (χ3v) is 5.45. The van der Waals surface area contributed by atoms with Crippen LogP contribution in [0.25, 0.3) is 11.3 Å². The molecule has 1 saturated heterocycles. The monoisotopic (exact) mass is 413 g/mol. The first-order valence-electron chi connectivity index (χ1n) is 9.18. The number of likely N-dealkylation sites (N-methyl/N-ethyl adjacent to an activating group) is 1. The lowest BCUT2D eigenvalue weighted by molar-refractivity contribution is 0.312. The third kappa shape index (κ3) is 4.22. The smallest absolute Gasteiger partial charge is 0.131 e. The van der Waals surface area contributed by atoms with Crippen molar-refractivity contribution in [3.05, 3.63) is 64.8 Å². The third-order valence-electron chi connectivity index (χ3n) is 4.82. The quantitative estimate of drug-likeness (QED) is 0.655. The molecule has 3 heterocycles. The molecule has 2 aromatic heterocycles. The van der Waals surface area contributed by atoms with Crippen molar-refractivity contribution in [2.45, 2.75) is 0 Å². The molecule has 28 heavy (non-hydrogen) atoms. The van der Waals surface area contributed by atoms with Crippen LogP contribution in [0.1, 0.15) is 0 Å². The summed E-state index contributed by atoms with van der Waals surface area (Å²) >= 11 is 12.6. The molecule has 7 heteroatoms. The van der Waals surface area contributed by atoms with Crippen LogP contribution in [0.2, 0.25) is 10.0 Å². The van der Waals surface area contributed by atoms with Gasteiger partial charge in [0.05, 0.1) is 27.6 Å². The van der Waals surface area contributed by atoms with Gasteiger partial charge in [-0.25, -0.2) is 9.97 Å². The summed E-state index contributed by atoms with van der Waals surface area (Å²) in [7, 11) is 2.15. The van der Waals surface area contributed by atoms with Gasteiger partial charge in [0.1, 0.15) is 11.6 Å². The first-order valence-corrected chi connectivity index (χ1v) is 9.94. The molecule has 0 radical (unpaired) electrons. The number of aromatic nitrogens is 2. The minimum absolute atomic E-state index is 0.579. The van der Waals surface area contributed by atoms with E-state index in [0.717, 1.165) is 48.9 Å². The van der Waals surface area contributed by atoms with Crippen molar-refractivity contribution in [3.63, 3.8) is 0 Å². The first kappa shape index (κ1) is 19.0. The highest BCUT2D eigenvalue weighted by Gasteiger charge is 2.15. The number of pyridine rings is 2. The number of anilines is 3. The Morgan fingerprint density at radius 1 is 0.893 bits per heavy atom. The van der Waals surface area contributed by atoms with Gasteiger partial charge in [-0.05, 0) is 43.4 Å². The molecule has 0 saturated carbocycles. The van der Waals surface area contributed by atoms with Gasteiger partial charge in [-0.2, -0.15) is 0 Å². The van der Waals surface area contributed by atoms with Crippen LogP contribution in [0, 0.1) is 0 Å². The van der Waals surface area contributed by atoms with Gasteiger partial charge in [0.25, 0.3) is 0 Å². The maximum Gasteiger partial charge on any atom is 0.131 e. The van der Waals surface area contributed by atoms with E-state index in [4.69, 9.17) is 23.2 Å². The molecule has 1 aliphatic rings. The number of nitrogens with zero attached hydrogens (tertiary/aromatic N) is 4. The Kier molecular flexibility index (Phi) is 5.67. The zero-order valence-electron chi connectivity index (χ0n) is 15.6. The van der Waals surface area contributed by atoms with Crippen LogP contribution in [0.5, 0.6) is 0 Å². The summed E-state index contributed by atoms with van der Waals surface area (Å²) in [5.41, 5.74) is 2.34. The van der Waals surface area contributed by atoms with Crippen LogP contribution in [0.3, 0.4) is 0 Å². The van der Waals surface area contributed by atoms with Crippen molar-refractivity contribution < 1.29 is 0 Å². The molecular formula is C21H21Cl2N5. The van der Waals surface area contributed by atoms with Gasteiger partial charge in [0, 0.05) is 31.7 Å². The largest absolute Gasteiger partial charge is 0.354 e. The average Bonchev–Trinajstić information content (AvgIpc) is 2.70. The number of benzene rings is 1. The molecule has 4 rings (SSSR count). The van der Waals surface area contributed by atoms with Gasteiger partial charge < -0.3 is 15.1 Å². The maximum atomic E-state index is 6.31. The Morgan fingerprint density at radius 2 is 1.61 bits per heavy atom. The molecule has 1 aromatic carbocycles. The highest BCUT2D eigenvalue weighted by atomic mass is 35.5. The Morgan fingerprint density at radius 3 is 2.29 bits per heavy atom. The molecule has 5 nitrogen and oxygen atoms in total. The molecule has 0 bridgehead atoms. The summed E-state index contributed by atoms with van der Waals surface area (Å²) in [4.78, 5) is 13.9. The van der Waals surface area contributed by atoms with E-state index < -0.39 is 0 Å². The summed E-state index contributed by atoms with van der Waals surface area (Å²) in [5.74, 6) is 1.71. The van der Waals surface area contributed by atoms with Crippen molar-refractivity contribution in [1.82, 2.24) is 14.9 Å². The maximum absolute atomic E-state index is 6.31. The first-order chi connectivity index (χ1) is 13.6. The SMILES string of the molecule is CN1CCN(c2ccc(Nc3cccc(-c4c(Cl)cccc4Cl)n3)cn2)CC1. The number of halogens is 2. The molecule has 1 fully saturated rings. The molecule has 1 aliphatic heterocycles. The number of nitrogens with one attached hydrogen (secondary N) is 1. The lowest BCUT2D eigenvalue weighted by Crippen LogP contribution is -2.44. The fraction of sp³-hybridized carbons (Fsp3) is 0.238. The standard InChI is InChI=1S/C21H21Cl2N5/c1-27-10-12-28(13-11-27)20-9-8-15(14-24-20)25-19-7-3-6-18(26-19)21-16(22)4-2-5-17(21)23/h2-9,14H,10-13H2,1H3,(H,25,26). The molecule has 0 amide bonds. The topological polar surface area (TPSA) is 44.3 Å². The molecule has 0 atom stereocenters. The minimum Gasteiger partial charge on any atom is -0.354 e. The Hall–Kier alpha value is -2.34. The highest BCUT2D eigenvalue weighted by molar-refractivity contribution is 6.39. The number of hydrogen-bond acceptors (Lipinski definition) is 5. The number of piperazine rings is 1. The van der Waals surface area contributed by atoms with Crippen molar-refractivity contribution >= 4 is 40.5 Å². The summed E-state index contributed by atoms with van der Waals surface area (Å²) in [5, 5.41) is 4.46. The van der Waals surface area contributed by atoms with E-state index in [-0.39, 0.29) is 0 Å².